The molecule has 1 aromatic carbocycles. The Kier molecular flexibility index (Phi) is 2.16. The largest absolute Gasteiger partial charge is 0.0651 e. The Bertz CT molecular complexity index is 262. The Morgan fingerprint density at radius 2 is 2.00 bits per heavy atom. The monoisotopic (exact) mass is 160 g/mol. The van der Waals surface area contributed by atoms with Crippen molar-refractivity contribution in [3.63, 3.8) is 0 Å². The number of hydrogen-bond donors (Lipinski definition) is 0. The van der Waals surface area contributed by atoms with Crippen LogP contribution in [-0.2, 0) is 12.8 Å². The van der Waals surface area contributed by atoms with Crippen molar-refractivity contribution in [1.29, 1.82) is 0 Å². The summed E-state index contributed by atoms with van der Waals surface area (Å²) < 4.78 is 0. The molecule has 2 rings (SSSR count). The SMILES string of the molecule is CC[C@H]1CCc2ccccc2C1. The zero-order chi connectivity index (χ0) is 8.39. The molecule has 1 aliphatic carbocycles. The van der Waals surface area contributed by atoms with Crippen LogP contribution < -0.4 is 0 Å². The molecule has 0 N–H and O–H groups in total. The summed E-state index contributed by atoms with van der Waals surface area (Å²) in [6, 6.07) is 8.89. The minimum atomic E-state index is 0.944. The van der Waals surface area contributed by atoms with Gasteiger partial charge in [-0.25, -0.2) is 0 Å². The van der Waals surface area contributed by atoms with Crippen LogP contribution in [0.1, 0.15) is 30.9 Å². The van der Waals surface area contributed by atoms with Gasteiger partial charge >= 0.3 is 0 Å². The molecule has 0 unspecified atom stereocenters. The van der Waals surface area contributed by atoms with Crippen LogP contribution >= 0.6 is 0 Å². The molecule has 1 aliphatic rings. The van der Waals surface area contributed by atoms with Crippen LogP contribution in [0.3, 0.4) is 0 Å². The summed E-state index contributed by atoms with van der Waals surface area (Å²) in [5.41, 5.74) is 3.18. The lowest BCUT2D eigenvalue weighted by Crippen LogP contribution is -2.12. The lowest BCUT2D eigenvalue weighted by molar-refractivity contribution is 0.445. The average Bonchev–Trinajstić information content (AvgIpc) is 2.17. The second-order valence-corrected chi connectivity index (χ2v) is 3.79. The third-order valence-corrected chi connectivity index (χ3v) is 3.03. The van der Waals surface area contributed by atoms with Crippen LogP contribution in [-0.4, -0.2) is 0 Å². The van der Waals surface area contributed by atoms with E-state index in [-0.39, 0.29) is 0 Å². The molecule has 0 heteroatoms. The first-order valence-corrected chi connectivity index (χ1v) is 4.97. The van der Waals surface area contributed by atoms with Crippen LogP contribution in [0.25, 0.3) is 0 Å². The lowest BCUT2D eigenvalue weighted by Gasteiger charge is -2.23. The van der Waals surface area contributed by atoms with Gasteiger partial charge in [-0.1, -0.05) is 37.6 Å². The molecular weight excluding hydrogens is 144 g/mol. The normalized spacial score (nSPS) is 21.9. The summed E-state index contributed by atoms with van der Waals surface area (Å²) >= 11 is 0. The Morgan fingerprint density at radius 3 is 2.75 bits per heavy atom. The smallest absolute Gasteiger partial charge is 0.0248 e. The number of benzene rings is 1. The molecular formula is C12H16. The highest BCUT2D eigenvalue weighted by atomic mass is 14.2. The maximum Gasteiger partial charge on any atom is -0.0248 e. The van der Waals surface area contributed by atoms with Crippen LogP contribution in [0, 0.1) is 5.92 Å². The fourth-order valence-corrected chi connectivity index (χ4v) is 2.12. The van der Waals surface area contributed by atoms with E-state index in [9.17, 15) is 0 Å². The fourth-order valence-electron chi connectivity index (χ4n) is 2.12. The van der Waals surface area contributed by atoms with E-state index in [2.05, 4.69) is 31.2 Å². The first-order valence-electron chi connectivity index (χ1n) is 4.97. The van der Waals surface area contributed by atoms with Crippen molar-refractivity contribution in [1.82, 2.24) is 0 Å². The van der Waals surface area contributed by atoms with Crippen molar-refractivity contribution in [3.05, 3.63) is 35.4 Å². The Hall–Kier alpha value is -0.780. The lowest BCUT2D eigenvalue weighted by atomic mass is 9.83. The molecule has 0 aliphatic heterocycles. The van der Waals surface area contributed by atoms with E-state index in [1.54, 1.807) is 11.1 Å². The first kappa shape index (κ1) is 7.85. The molecule has 1 atom stereocenters. The van der Waals surface area contributed by atoms with Gasteiger partial charge < -0.3 is 0 Å². The van der Waals surface area contributed by atoms with E-state index in [0.717, 1.165) is 5.92 Å². The molecule has 0 bridgehead atoms. The van der Waals surface area contributed by atoms with E-state index in [4.69, 9.17) is 0 Å². The first-order chi connectivity index (χ1) is 5.90. The van der Waals surface area contributed by atoms with Gasteiger partial charge in [0.2, 0.25) is 0 Å². The highest BCUT2D eigenvalue weighted by Crippen LogP contribution is 2.26. The number of fused-ring (bicyclic) bond motifs is 1. The number of rotatable bonds is 1. The van der Waals surface area contributed by atoms with Gasteiger partial charge in [-0.05, 0) is 36.3 Å². The van der Waals surface area contributed by atoms with Crippen molar-refractivity contribution in [2.75, 3.05) is 0 Å². The maximum absolute atomic E-state index is 2.30. The molecule has 0 heterocycles. The van der Waals surface area contributed by atoms with Gasteiger partial charge in [0.1, 0.15) is 0 Å². The standard InChI is InChI=1S/C12H16/c1-2-10-7-8-11-5-3-4-6-12(11)9-10/h3-6,10H,2,7-9H2,1H3/t10-/m0/s1. The average molecular weight is 160 g/mol. The molecule has 0 aromatic heterocycles. The number of aryl methyl sites for hydroxylation is 1. The van der Waals surface area contributed by atoms with E-state index in [1.165, 1.54) is 25.7 Å². The summed E-state index contributed by atoms with van der Waals surface area (Å²) in [4.78, 5) is 0. The van der Waals surface area contributed by atoms with Gasteiger partial charge in [0, 0.05) is 0 Å². The Balaban J connectivity index is 2.23. The third kappa shape index (κ3) is 1.38. The van der Waals surface area contributed by atoms with Gasteiger partial charge in [-0.3, -0.25) is 0 Å². The third-order valence-electron chi connectivity index (χ3n) is 3.03. The van der Waals surface area contributed by atoms with Crippen LogP contribution in [0.5, 0.6) is 0 Å². The Labute approximate surface area is 74.6 Å². The van der Waals surface area contributed by atoms with Gasteiger partial charge in [0.25, 0.3) is 0 Å². The highest BCUT2D eigenvalue weighted by Gasteiger charge is 2.15. The zero-order valence-corrected chi connectivity index (χ0v) is 7.72. The predicted molar refractivity (Wildman–Crippen MR) is 52.2 cm³/mol. The van der Waals surface area contributed by atoms with Gasteiger partial charge in [-0.15, -0.1) is 0 Å². The van der Waals surface area contributed by atoms with Crippen molar-refractivity contribution in [2.45, 2.75) is 32.6 Å². The number of hydrogen-bond acceptors (Lipinski definition) is 0. The summed E-state index contributed by atoms with van der Waals surface area (Å²) in [6.07, 6.45) is 5.35. The zero-order valence-electron chi connectivity index (χ0n) is 7.72. The quantitative estimate of drug-likeness (QED) is 0.592. The molecule has 0 nitrogen and oxygen atoms in total. The van der Waals surface area contributed by atoms with Crippen LogP contribution in [0.15, 0.2) is 24.3 Å². The van der Waals surface area contributed by atoms with Crippen molar-refractivity contribution < 1.29 is 0 Å². The fraction of sp³-hybridized carbons (Fsp3) is 0.500. The Morgan fingerprint density at radius 1 is 1.25 bits per heavy atom. The summed E-state index contributed by atoms with van der Waals surface area (Å²) in [7, 11) is 0. The molecule has 0 radical (unpaired) electrons. The summed E-state index contributed by atoms with van der Waals surface area (Å²) in [5.74, 6) is 0.944. The summed E-state index contributed by atoms with van der Waals surface area (Å²) in [6.45, 7) is 2.30. The molecule has 0 amide bonds. The minimum Gasteiger partial charge on any atom is -0.0651 e. The van der Waals surface area contributed by atoms with Crippen LogP contribution in [0.4, 0.5) is 0 Å². The second-order valence-electron chi connectivity index (χ2n) is 3.79. The molecule has 64 valence electrons. The molecule has 0 saturated carbocycles. The molecule has 0 saturated heterocycles. The topological polar surface area (TPSA) is 0 Å². The second kappa shape index (κ2) is 3.30. The van der Waals surface area contributed by atoms with E-state index in [0.29, 0.717) is 0 Å². The van der Waals surface area contributed by atoms with Crippen molar-refractivity contribution >= 4 is 0 Å². The molecule has 1 aromatic rings. The van der Waals surface area contributed by atoms with E-state index >= 15 is 0 Å². The van der Waals surface area contributed by atoms with E-state index < -0.39 is 0 Å². The molecule has 0 fully saturated rings. The summed E-state index contributed by atoms with van der Waals surface area (Å²) in [5, 5.41) is 0. The van der Waals surface area contributed by atoms with Gasteiger partial charge in [0.05, 0.1) is 0 Å². The maximum atomic E-state index is 2.30. The predicted octanol–water partition coefficient (Wildman–Crippen LogP) is 3.20. The van der Waals surface area contributed by atoms with Crippen molar-refractivity contribution in [3.8, 4) is 0 Å². The van der Waals surface area contributed by atoms with Crippen molar-refractivity contribution in [2.24, 2.45) is 5.92 Å². The molecule has 0 spiro atoms. The van der Waals surface area contributed by atoms with Crippen LogP contribution in [0.2, 0.25) is 0 Å². The van der Waals surface area contributed by atoms with Gasteiger partial charge in [-0.2, -0.15) is 0 Å². The van der Waals surface area contributed by atoms with Gasteiger partial charge in [0.15, 0.2) is 0 Å². The van der Waals surface area contributed by atoms with E-state index in [1.807, 2.05) is 0 Å². The highest BCUT2D eigenvalue weighted by molar-refractivity contribution is 5.29. The minimum absolute atomic E-state index is 0.944. The molecule has 12 heavy (non-hydrogen) atoms.